The molecule has 0 spiro atoms. The van der Waals surface area contributed by atoms with Crippen molar-refractivity contribution in [1.82, 2.24) is 10.2 Å². The average Bonchev–Trinajstić information content (AvgIpc) is 2.30. The lowest BCUT2D eigenvalue weighted by Gasteiger charge is -2.34. The SMILES string of the molecule is C[C@@H]1CNCCN1C(=O)c1ccc(I)cc1. The third kappa shape index (κ3) is 2.55. The zero-order valence-corrected chi connectivity index (χ0v) is 11.4. The van der Waals surface area contributed by atoms with Crippen LogP contribution in [0.2, 0.25) is 0 Å². The first-order valence-corrected chi connectivity index (χ1v) is 6.53. The standard InChI is InChI=1S/C12H15IN2O/c1-9-8-14-6-7-15(9)12(16)10-2-4-11(13)5-3-10/h2-5,9,14H,6-8H2,1H3/t9-/m1/s1. The van der Waals surface area contributed by atoms with Crippen molar-refractivity contribution in [2.24, 2.45) is 0 Å². The first-order chi connectivity index (χ1) is 7.68. The van der Waals surface area contributed by atoms with E-state index in [1.165, 1.54) is 0 Å². The minimum Gasteiger partial charge on any atom is -0.333 e. The molecule has 1 atom stereocenters. The maximum absolute atomic E-state index is 12.2. The van der Waals surface area contributed by atoms with Crippen LogP contribution >= 0.6 is 22.6 Å². The molecule has 0 radical (unpaired) electrons. The molecule has 1 amide bonds. The summed E-state index contributed by atoms with van der Waals surface area (Å²) in [6.07, 6.45) is 0. The van der Waals surface area contributed by atoms with Gasteiger partial charge in [0.2, 0.25) is 0 Å². The minimum atomic E-state index is 0.144. The summed E-state index contributed by atoms with van der Waals surface area (Å²) >= 11 is 2.24. The molecule has 3 nitrogen and oxygen atoms in total. The van der Waals surface area contributed by atoms with Gasteiger partial charge in [-0.25, -0.2) is 0 Å². The van der Waals surface area contributed by atoms with Gasteiger partial charge >= 0.3 is 0 Å². The fourth-order valence-corrected chi connectivity index (χ4v) is 2.26. The van der Waals surface area contributed by atoms with Gasteiger partial charge in [0, 0.05) is 34.8 Å². The normalized spacial score (nSPS) is 20.9. The Labute approximate surface area is 109 Å². The molecule has 16 heavy (non-hydrogen) atoms. The van der Waals surface area contributed by atoms with E-state index in [0.717, 1.165) is 28.8 Å². The van der Waals surface area contributed by atoms with E-state index in [2.05, 4.69) is 34.8 Å². The predicted molar refractivity (Wildman–Crippen MR) is 72.5 cm³/mol. The van der Waals surface area contributed by atoms with Crippen molar-refractivity contribution in [3.05, 3.63) is 33.4 Å². The zero-order chi connectivity index (χ0) is 11.5. The fourth-order valence-electron chi connectivity index (χ4n) is 1.90. The number of halogens is 1. The Morgan fingerprint density at radius 1 is 1.44 bits per heavy atom. The molecular formula is C12H15IN2O. The first-order valence-electron chi connectivity index (χ1n) is 5.46. The van der Waals surface area contributed by atoms with Gasteiger partial charge in [-0.2, -0.15) is 0 Å². The van der Waals surface area contributed by atoms with Crippen LogP contribution in [-0.2, 0) is 0 Å². The van der Waals surface area contributed by atoms with E-state index in [1.807, 2.05) is 29.2 Å². The molecule has 2 rings (SSSR count). The van der Waals surface area contributed by atoms with Crippen LogP contribution in [0.15, 0.2) is 24.3 Å². The van der Waals surface area contributed by atoms with Gasteiger partial charge in [-0.15, -0.1) is 0 Å². The molecule has 1 heterocycles. The van der Waals surface area contributed by atoms with Crippen molar-refractivity contribution < 1.29 is 4.79 Å². The van der Waals surface area contributed by atoms with E-state index in [1.54, 1.807) is 0 Å². The number of carbonyl (C=O) groups is 1. The summed E-state index contributed by atoms with van der Waals surface area (Å²) in [5, 5.41) is 3.28. The Kier molecular flexibility index (Phi) is 3.81. The van der Waals surface area contributed by atoms with E-state index in [4.69, 9.17) is 0 Å². The molecule has 0 aliphatic carbocycles. The molecular weight excluding hydrogens is 315 g/mol. The lowest BCUT2D eigenvalue weighted by Crippen LogP contribution is -2.52. The van der Waals surface area contributed by atoms with Crippen molar-refractivity contribution in [2.45, 2.75) is 13.0 Å². The lowest BCUT2D eigenvalue weighted by molar-refractivity contribution is 0.0656. The van der Waals surface area contributed by atoms with E-state index in [9.17, 15) is 4.79 Å². The molecule has 1 saturated heterocycles. The average molecular weight is 330 g/mol. The van der Waals surface area contributed by atoms with Crippen LogP contribution in [-0.4, -0.2) is 36.5 Å². The van der Waals surface area contributed by atoms with Crippen molar-refractivity contribution in [2.75, 3.05) is 19.6 Å². The van der Waals surface area contributed by atoms with Crippen LogP contribution in [0, 0.1) is 3.57 Å². The smallest absolute Gasteiger partial charge is 0.254 e. The summed E-state index contributed by atoms with van der Waals surface area (Å²) in [5.41, 5.74) is 0.786. The van der Waals surface area contributed by atoms with Gasteiger partial charge in [0.25, 0.3) is 5.91 Å². The molecule has 1 aliphatic rings. The summed E-state index contributed by atoms with van der Waals surface area (Å²) < 4.78 is 1.16. The maximum atomic E-state index is 12.2. The molecule has 1 N–H and O–H groups in total. The Morgan fingerprint density at radius 2 is 2.12 bits per heavy atom. The number of rotatable bonds is 1. The Bertz CT molecular complexity index is 377. The van der Waals surface area contributed by atoms with Gasteiger partial charge in [-0.3, -0.25) is 4.79 Å². The van der Waals surface area contributed by atoms with Gasteiger partial charge < -0.3 is 10.2 Å². The number of piperazine rings is 1. The third-order valence-corrected chi connectivity index (χ3v) is 3.57. The maximum Gasteiger partial charge on any atom is 0.254 e. The Balaban J connectivity index is 2.14. The van der Waals surface area contributed by atoms with Crippen molar-refractivity contribution in [3.63, 3.8) is 0 Å². The molecule has 1 aromatic carbocycles. The number of carbonyl (C=O) groups excluding carboxylic acids is 1. The predicted octanol–water partition coefficient (Wildman–Crippen LogP) is 1.73. The summed E-state index contributed by atoms with van der Waals surface area (Å²) in [5.74, 6) is 0.144. The number of hydrogen-bond donors (Lipinski definition) is 1. The largest absolute Gasteiger partial charge is 0.333 e. The van der Waals surface area contributed by atoms with E-state index in [-0.39, 0.29) is 11.9 Å². The topological polar surface area (TPSA) is 32.3 Å². The third-order valence-electron chi connectivity index (χ3n) is 2.85. The summed E-state index contributed by atoms with van der Waals surface area (Å²) in [4.78, 5) is 14.2. The Morgan fingerprint density at radius 3 is 2.75 bits per heavy atom. The first kappa shape index (κ1) is 11.9. The second-order valence-electron chi connectivity index (χ2n) is 4.06. The highest BCUT2D eigenvalue weighted by Gasteiger charge is 2.23. The number of hydrogen-bond acceptors (Lipinski definition) is 2. The number of nitrogens with one attached hydrogen (secondary N) is 1. The second-order valence-corrected chi connectivity index (χ2v) is 5.30. The number of amides is 1. The Hall–Kier alpha value is -0.620. The highest BCUT2D eigenvalue weighted by molar-refractivity contribution is 14.1. The van der Waals surface area contributed by atoms with Gasteiger partial charge in [0.05, 0.1) is 0 Å². The van der Waals surface area contributed by atoms with E-state index in [0.29, 0.717) is 0 Å². The van der Waals surface area contributed by atoms with Crippen LogP contribution < -0.4 is 5.32 Å². The molecule has 0 unspecified atom stereocenters. The number of nitrogens with zero attached hydrogens (tertiary/aromatic N) is 1. The molecule has 1 aromatic rings. The van der Waals surface area contributed by atoms with Crippen molar-refractivity contribution >= 4 is 28.5 Å². The quantitative estimate of drug-likeness (QED) is 0.796. The molecule has 4 heteroatoms. The number of benzene rings is 1. The highest BCUT2D eigenvalue weighted by atomic mass is 127. The molecule has 0 aromatic heterocycles. The van der Waals surface area contributed by atoms with Crippen LogP contribution in [0.25, 0.3) is 0 Å². The highest BCUT2D eigenvalue weighted by Crippen LogP contribution is 2.12. The molecule has 86 valence electrons. The monoisotopic (exact) mass is 330 g/mol. The summed E-state index contributed by atoms with van der Waals surface area (Å²) in [6.45, 7) is 4.65. The van der Waals surface area contributed by atoms with Crippen LogP contribution in [0.5, 0.6) is 0 Å². The van der Waals surface area contributed by atoms with Crippen LogP contribution in [0.3, 0.4) is 0 Å². The molecule has 1 fully saturated rings. The summed E-state index contributed by atoms with van der Waals surface area (Å²) in [7, 11) is 0. The van der Waals surface area contributed by atoms with Gasteiger partial charge in [-0.1, -0.05) is 0 Å². The summed E-state index contributed by atoms with van der Waals surface area (Å²) in [6, 6.07) is 8.03. The van der Waals surface area contributed by atoms with Crippen LogP contribution in [0.1, 0.15) is 17.3 Å². The van der Waals surface area contributed by atoms with E-state index >= 15 is 0 Å². The zero-order valence-electron chi connectivity index (χ0n) is 9.24. The van der Waals surface area contributed by atoms with Crippen LogP contribution in [0.4, 0.5) is 0 Å². The van der Waals surface area contributed by atoms with Gasteiger partial charge in [0.15, 0.2) is 0 Å². The fraction of sp³-hybridized carbons (Fsp3) is 0.417. The van der Waals surface area contributed by atoms with E-state index < -0.39 is 0 Å². The van der Waals surface area contributed by atoms with Gasteiger partial charge in [-0.05, 0) is 53.8 Å². The van der Waals surface area contributed by atoms with Crippen molar-refractivity contribution in [3.8, 4) is 0 Å². The molecule has 1 aliphatic heterocycles. The second kappa shape index (κ2) is 5.14. The van der Waals surface area contributed by atoms with Crippen molar-refractivity contribution in [1.29, 1.82) is 0 Å². The minimum absolute atomic E-state index is 0.144. The molecule has 0 saturated carbocycles. The van der Waals surface area contributed by atoms with Gasteiger partial charge in [0.1, 0.15) is 0 Å². The molecule has 0 bridgehead atoms. The lowest BCUT2D eigenvalue weighted by atomic mass is 10.1.